The van der Waals surface area contributed by atoms with Crippen molar-refractivity contribution in [1.82, 2.24) is 14.9 Å². The van der Waals surface area contributed by atoms with Crippen LogP contribution in [0.4, 0.5) is 17.6 Å². The lowest BCUT2D eigenvalue weighted by molar-refractivity contribution is -0.0546. The van der Waals surface area contributed by atoms with Gasteiger partial charge in [-0.25, -0.2) is 13.8 Å². The number of nitrogens with zero attached hydrogens (tertiary/aromatic N) is 2. The summed E-state index contributed by atoms with van der Waals surface area (Å²) in [5.74, 6) is -4.73. The Bertz CT molecular complexity index is 1010. The summed E-state index contributed by atoms with van der Waals surface area (Å²) in [6.07, 6.45) is 2.37. The van der Waals surface area contributed by atoms with Gasteiger partial charge in [-0.05, 0) is 30.2 Å². The van der Waals surface area contributed by atoms with E-state index in [9.17, 15) is 22.4 Å². The standard InChI is InChI=1S/C19H17F4N3O2/c1-3-10-4-5-15-16(26(2)9-25-15)12(10)8-24-18(27)11-6-13(20)17(14(21)7-11)28-19(22)23/h4-7,9,19H,3,8H2,1-2H3,(H,24,27). The zero-order valence-electron chi connectivity index (χ0n) is 15.1. The van der Waals surface area contributed by atoms with Gasteiger partial charge in [-0.1, -0.05) is 13.0 Å². The number of amides is 1. The minimum absolute atomic E-state index is 0.109. The molecule has 3 aromatic rings. The van der Waals surface area contributed by atoms with E-state index < -0.39 is 29.9 Å². The Kier molecular flexibility index (Phi) is 5.53. The number of ether oxygens (including phenoxy) is 1. The number of nitrogens with one attached hydrogen (secondary N) is 1. The number of fused-ring (bicyclic) bond motifs is 1. The van der Waals surface area contributed by atoms with Crippen LogP contribution in [0.3, 0.4) is 0 Å². The number of carbonyl (C=O) groups is 1. The molecule has 0 saturated carbocycles. The number of halogens is 4. The molecule has 0 spiro atoms. The summed E-state index contributed by atoms with van der Waals surface area (Å²) in [5.41, 5.74) is 3.10. The first-order chi connectivity index (χ1) is 13.3. The van der Waals surface area contributed by atoms with Gasteiger partial charge >= 0.3 is 6.61 Å². The first-order valence-corrected chi connectivity index (χ1v) is 8.45. The molecule has 0 radical (unpaired) electrons. The molecule has 0 bridgehead atoms. The molecule has 0 aliphatic rings. The van der Waals surface area contributed by atoms with Gasteiger partial charge in [0.15, 0.2) is 17.4 Å². The van der Waals surface area contributed by atoms with E-state index in [1.165, 1.54) is 0 Å². The monoisotopic (exact) mass is 395 g/mol. The van der Waals surface area contributed by atoms with Crippen molar-refractivity contribution < 1.29 is 27.1 Å². The van der Waals surface area contributed by atoms with Crippen molar-refractivity contribution >= 4 is 16.9 Å². The molecule has 0 fully saturated rings. The van der Waals surface area contributed by atoms with Crippen molar-refractivity contribution in [3.63, 3.8) is 0 Å². The third kappa shape index (κ3) is 3.78. The molecule has 0 atom stereocenters. The third-order valence-corrected chi connectivity index (χ3v) is 4.36. The Balaban J connectivity index is 1.85. The highest BCUT2D eigenvalue weighted by Gasteiger charge is 2.20. The molecule has 5 nitrogen and oxygen atoms in total. The highest BCUT2D eigenvalue weighted by atomic mass is 19.3. The molecule has 1 heterocycles. The number of benzene rings is 2. The van der Waals surface area contributed by atoms with Crippen molar-refractivity contribution in [2.24, 2.45) is 7.05 Å². The molecule has 148 valence electrons. The second kappa shape index (κ2) is 7.87. The van der Waals surface area contributed by atoms with E-state index in [4.69, 9.17) is 0 Å². The highest BCUT2D eigenvalue weighted by molar-refractivity contribution is 5.94. The fourth-order valence-corrected chi connectivity index (χ4v) is 3.06. The van der Waals surface area contributed by atoms with E-state index in [1.54, 1.807) is 6.33 Å². The number of hydrogen-bond acceptors (Lipinski definition) is 3. The predicted octanol–water partition coefficient (Wildman–Crippen LogP) is 3.95. The van der Waals surface area contributed by atoms with Gasteiger partial charge in [-0.2, -0.15) is 8.78 Å². The molecule has 3 rings (SSSR count). The molecule has 0 saturated heterocycles. The number of aromatic nitrogens is 2. The summed E-state index contributed by atoms with van der Waals surface area (Å²) >= 11 is 0. The molecule has 0 aliphatic heterocycles. The molecular formula is C19H17F4N3O2. The summed E-state index contributed by atoms with van der Waals surface area (Å²) in [5, 5.41) is 2.61. The predicted molar refractivity (Wildman–Crippen MR) is 94.3 cm³/mol. The van der Waals surface area contributed by atoms with E-state index in [0.717, 1.165) is 28.6 Å². The second-order valence-corrected chi connectivity index (χ2v) is 6.11. The molecule has 2 aromatic carbocycles. The molecule has 1 aromatic heterocycles. The van der Waals surface area contributed by atoms with Crippen LogP contribution < -0.4 is 10.1 Å². The van der Waals surface area contributed by atoms with Crippen molar-refractivity contribution in [2.45, 2.75) is 26.5 Å². The van der Waals surface area contributed by atoms with Crippen molar-refractivity contribution in [2.75, 3.05) is 0 Å². The number of carbonyl (C=O) groups excluding carboxylic acids is 1. The molecule has 0 unspecified atom stereocenters. The fraction of sp³-hybridized carbons (Fsp3) is 0.263. The zero-order valence-corrected chi connectivity index (χ0v) is 15.1. The van der Waals surface area contributed by atoms with Gasteiger partial charge in [-0.3, -0.25) is 4.79 Å². The Morgan fingerprint density at radius 3 is 2.54 bits per heavy atom. The van der Waals surface area contributed by atoms with Gasteiger partial charge in [0, 0.05) is 24.7 Å². The van der Waals surface area contributed by atoms with Gasteiger partial charge in [0.2, 0.25) is 0 Å². The SMILES string of the molecule is CCc1ccc2ncn(C)c2c1CNC(=O)c1cc(F)c(OC(F)F)c(F)c1. The number of aryl methyl sites for hydroxylation is 2. The van der Waals surface area contributed by atoms with E-state index in [-0.39, 0.29) is 12.1 Å². The van der Waals surface area contributed by atoms with Gasteiger partial charge in [0.25, 0.3) is 5.91 Å². The number of alkyl halides is 2. The molecule has 28 heavy (non-hydrogen) atoms. The molecular weight excluding hydrogens is 378 g/mol. The molecule has 1 N–H and O–H groups in total. The lowest BCUT2D eigenvalue weighted by Crippen LogP contribution is -2.24. The number of imidazole rings is 1. The van der Waals surface area contributed by atoms with E-state index in [0.29, 0.717) is 12.1 Å². The second-order valence-electron chi connectivity index (χ2n) is 6.11. The van der Waals surface area contributed by atoms with Crippen LogP contribution in [0, 0.1) is 11.6 Å². The summed E-state index contributed by atoms with van der Waals surface area (Å²) < 4.78 is 57.7. The fourth-order valence-electron chi connectivity index (χ4n) is 3.06. The van der Waals surface area contributed by atoms with E-state index in [2.05, 4.69) is 15.0 Å². The lowest BCUT2D eigenvalue weighted by atomic mass is 10.0. The quantitative estimate of drug-likeness (QED) is 0.643. The minimum atomic E-state index is -3.38. The highest BCUT2D eigenvalue weighted by Crippen LogP contribution is 2.26. The Hall–Kier alpha value is -3.10. The van der Waals surface area contributed by atoms with Crippen LogP contribution in [-0.4, -0.2) is 22.1 Å². The molecule has 0 aliphatic carbocycles. The summed E-state index contributed by atoms with van der Waals surface area (Å²) in [7, 11) is 1.83. The maximum absolute atomic E-state index is 13.8. The largest absolute Gasteiger partial charge is 0.429 e. The summed E-state index contributed by atoms with van der Waals surface area (Å²) in [6.45, 7) is -1.30. The molecule has 9 heteroatoms. The van der Waals surface area contributed by atoms with Crippen LogP contribution in [-0.2, 0) is 20.0 Å². The zero-order chi connectivity index (χ0) is 20.4. The maximum atomic E-state index is 13.8. The maximum Gasteiger partial charge on any atom is 0.387 e. The first-order valence-electron chi connectivity index (χ1n) is 8.45. The number of rotatable bonds is 6. The Morgan fingerprint density at radius 1 is 1.25 bits per heavy atom. The van der Waals surface area contributed by atoms with Gasteiger partial charge in [-0.15, -0.1) is 0 Å². The topological polar surface area (TPSA) is 56.2 Å². The minimum Gasteiger partial charge on any atom is -0.429 e. The summed E-state index contributed by atoms with van der Waals surface area (Å²) in [6, 6.07) is 5.10. The van der Waals surface area contributed by atoms with E-state index in [1.807, 2.05) is 30.7 Å². The Morgan fingerprint density at radius 2 is 1.93 bits per heavy atom. The normalized spacial score (nSPS) is 11.2. The van der Waals surface area contributed by atoms with Crippen LogP contribution in [0.5, 0.6) is 5.75 Å². The van der Waals surface area contributed by atoms with Crippen molar-refractivity contribution in [3.8, 4) is 5.75 Å². The molecule has 1 amide bonds. The van der Waals surface area contributed by atoms with Crippen LogP contribution in [0.1, 0.15) is 28.4 Å². The van der Waals surface area contributed by atoms with Gasteiger partial charge in [0.05, 0.1) is 17.4 Å². The van der Waals surface area contributed by atoms with Crippen molar-refractivity contribution in [3.05, 3.63) is 58.9 Å². The smallest absolute Gasteiger partial charge is 0.387 e. The van der Waals surface area contributed by atoms with E-state index >= 15 is 0 Å². The van der Waals surface area contributed by atoms with Crippen LogP contribution in [0.25, 0.3) is 11.0 Å². The van der Waals surface area contributed by atoms with Crippen LogP contribution in [0.2, 0.25) is 0 Å². The van der Waals surface area contributed by atoms with Gasteiger partial charge < -0.3 is 14.6 Å². The lowest BCUT2D eigenvalue weighted by Gasteiger charge is -2.13. The average molecular weight is 395 g/mol. The third-order valence-electron chi connectivity index (χ3n) is 4.36. The summed E-state index contributed by atoms with van der Waals surface area (Å²) in [4.78, 5) is 16.6. The Labute approximate surface area is 157 Å². The average Bonchev–Trinajstić information content (AvgIpc) is 3.03. The van der Waals surface area contributed by atoms with Gasteiger partial charge in [0.1, 0.15) is 0 Å². The first kappa shape index (κ1) is 19.7. The van der Waals surface area contributed by atoms with Crippen molar-refractivity contribution in [1.29, 1.82) is 0 Å². The van der Waals surface area contributed by atoms with Crippen LogP contribution >= 0.6 is 0 Å². The number of hydrogen-bond donors (Lipinski definition) is 1. The van der Waals surface area contributed by atoms with Crippen LogP contribution in [0.15, 0.2) is 30.6 Å².